The zero-order chi connectivity index (χ0) is 28.2. The number of benzene rings is 2. The number of thiazole rings is 1. The Balaban J connectivity index is 1.55. The fourth-order valence-electron chi connectivity index (χ4n) is 5.03. The predicted octanol–water partition coefficient (Wildman–Crippen LogP) is 7.62. The van der Waals surface area contributed by atoms with Crippen molar-refractivity contribution in [3.8, 4) is 26.8 Å². The largest absolute Gasteiger partial charge is 0.490 e. The van der Waals surface area contributed by atoms with Crippen LogP contribution in [0.15, 0.2) is 42.6 Å². The van der Waals surface area contributed by atoms with E-state index in [1.165, 1.54) is 28.5 Å². The van der Waals surface area contributed by atoms with Crippen molar-refractivity contribution in [3.05, 3.63) is 59.3 Å². The van der Waals surface area contributed by atoms with Crippen molar-refractivity contribution in [2.24, 2.45) is 5.92 Å². The average molecular weight is 561 g/mol. The van der Waals surface area contributed by atoms with Crippen LogP contribution in [0.25, 0.3) is 21.0 Å². The molecule has 0 bridgehead atoms. The van der Waals surface area contributed by atoms with E-state index < -0.39 is 11.7 Å². The van der Waals surface area contributed by atoms with E-state index >= 15 is 0 Å². The maximum atomic E-state index is 13.8. The molecule has 0 atom stereocenters. The zero-order valence-corrected chi connectivity index (χ0v) is 23.6. The molecule has 0 aliphatic carbocycles. The molecule has 2 aromatic carbocycles. The lowest BCUT2D eigenvalue weighted by Crippen LogP contribution is -2.36. The minimum atomic E-state index is -4.53. The summed E-state index contributed by atoms with van der Waals surface area (Å²) in [5.41, 5.74) is 3.09. The second-order valence-corrected chi connectivity index (χ2v) is 11.0. The zero-order valence-electron chi connectivity index (χ0n) is 22.8. The van der Waals surface area contributed by atoms with Gasteiger partial charge >= 0.3 is 12.1 Å². The molecular formula is C30H35F3N2O3S. The van der Waals surface area contributed by atoms with Crippen LogP contribution in [-0.2, 0) is 28.7 Å². The van der Waals surface area contributed by atoms with Crippen LogP contribution in [-0.4, -0.2) is 41.7 Å². The highest BCUT2D eigenvalue weighted by Crippen LogP contribution is 2.41. The number of hydrogen-bond acceptors (Lipinski definition) is 6. The SMILES string of the molecule is CCOC(=O)C1CCN(Cc2cccc(-c3cnc(-c4ccc(OC(C)C)c(C(F)(F)F)c4)s3)c2CC)CC1. The van der Waals surface area contributed by atoms with Gasteiger partial charge in [0, 0.05) is 18.3 Å². The van der Waals surface area contributed by atoms with Gasteiger partial charge in [-0.1, -0.05) is 25.1 Å². The molecule has 1 aliphatic rings. The first-order chi connectivity index (χ1) is 18.6. The van der Waals surface area contributed by atoms with E-state index in [1.54, 1.807) is 26.1 Å². The summed E-state index contributed by atoms with van der Waals surface area (Å²) in [7, 11) is 0. The third kappa shape index (κ3) is 7.00. The molecule has 5 nitrogen and oxygen atoms in total. The smallest absolute Gasteiger partial charge is 0.419 e. The number of aromatic nitrogens is 1. The Morgan fingerprint density at radius 3 is 2.54 bits per heavy atom. The summed E-state index contributed by atoms with van der Waals surface area (Å²) in [5, 5.41) is 0.528. The number of rotatable bonds is 9. The topological polar surface area (TPSA) is 51.7 Å². The Morgan fingerprint density at radius 1 is 1.15 bits per heavy atom. The van der Waals surface area contributed by atoms with E-state index in [4.69, 9.17) is 9.47 Å². The lowest BCUT2D eigenvalue weighted by Gasteiger charge is -2.31. The molecule has 1 aromatic heterocycles. The molecule has 1 fully saturated rings. The highest BCUT2D eigenvalue weighted by atomic mass is 32.1. The fraction of sp³-hybridized carbons (Fsp3) is 0.467. The molecule has 1 saturated heterocycles. The van der Waals surface area contributed by atoms with E-state index in [0.717, 1.165) is 55.4 Å². The van der Waals surface area contributed by atoms with Gasteiger partial charge in [0.25, 0.3) is 0 Å². The Labute approximate surface area is 232 Å². The van der Waals surface area contributed by atoms with Gasteiger partial charge in [0.05, 0.1) is 29.1 Å². The molecule has 0 radical (unpaired) electrons. The maximum Gasteiger partial charge on any atom is 0.419 e. The second-order valence-electron chi connectivity index (χ2n) is 10.0. The van der Waals surface area contributed by atoms with Crippen molar-refractivity contribution in [1.82, 2.24) is 9.88 Å². The number of piperidine rings is 1. The number of likely N-dealkylation sites (tertiary alicyclic amines) is 1. The van der Waals surface area contributed by atoms with Gasteiger partial charge in [0.15, 0.2) is 0 Å². The van der Waals surface area contributed by atoms with E-state index in [1.807, 2.05) is 19.1 Å². The Hall–Kier alpha value is -2.91. The highest BCUT2D eigenvalue weighted by Gasteiger charge is 2.35. The van der Waals surface area contributed by atoms with Gasteiger partial charge in [-0.3, -0.25) is 9.69 Å². The lowest BCUT2D eigenvalue weighted by molar-refractivity contribution is -0.149. The normalized spacial score (nSPS) is 15.1. The van der Waals surface area contributed by atoms with Crippen LogP contribution in [0, 0.1) is 5.92 Å². The van der Waals surface area contributed by atoms with Crippen LogP contribution >= 0.6 is 11.3 Å². The molecule has 0 saturated carbocycles. The van der Waals surface area contributed by atoms with E-state index in [9.17, 15) is 18.0 Å². The third-order valence-electron chi connectivity index (χ3n) is 6.89. The number of carbonyl (C=O) groups excluding carboxylic acids is 1. The van der Waals surface area contributed by atoms with Crippen LogP contribution in [0.2, 0.25) is 0 Å². The van der Waals surface area contributed by atoms with Gasteiger partial charge in [-0.15, -0.1) is 11.3 Å². The summed E-state index contributed by atoms with van der Waals surface area (Å²) < 4.78 is 51.9. The van der Waals surface area contributed by atoms with Crippen molar-refractivity contribution in [2.75, 3.05) is 19.7 Å². The molecule has 0 amide bonds. The van der Waals surface area contributed by atoms with Gasteiger partial charge in [0.1, 0.15) is 10.8 Å². The molecule has 0 N–H and O–H groups in total. The Kier molecular flexibility index (Phi) is 9.33. The lowest BCUT2D eigenvalue weighted by atomic mass is 9.94. The summed E-state index contributed by atoms with van der Waals surface area (Å²) in [4.78, 5) is 19.9. The summed E-state index contributed by atoms with van der Waals surface area (Å²) in [6, 6.07) is 10.3. The number of alkyl halides is 3. The minimum Gasteiger partial charge on any atom is -0.490 e. The molecule has 0 unspecified atom stereocenters. The molecule has 2 heterocycles. The summed E-state index contributed by atoms with van der Waals surface area (Å²) in [5.74, 6) is -0.304. The number of nitrogens with zero attached hydrogens (tertiary/aromatic N) is 2. The van der Waals surface area contributed by atoms with Crippen molar-refractivity contribution in [2.45, 2.75) is 65.8 Å². The number of carbonyl (C=O) groups is 1. The number of hydrogen-bond donors (Lipinski definition) is 0. The first-order valence-electron chi connectivity index (χ1n) is 13.4. The van der Waals surface area contributed by atoms with Crippen molar-refractivity contribution in [1.29, 1.82) is 0 Å². The van der Waals surface area contributed by atoms with Crippen molar-refractivity contribution in [3.63, 3.8) is 0 Å². The molecule has 39 heavy (non-hydrogen) atoms. The quantitative estimate of drug-likeness (QED) is 0.252. The highest BCUT2D eigenvalue weighted by molar-refractivity contribution is 7.18. The summed E-state index contributed by atoms with van der Waals surface area (Å²) >= 11 is 1.39. The van der Waals surface area contributed by atoms with Gasteiger partial charge in [-0.2, -0.15) is 13.2 Å². The van der Waals surface area contributed by atoms with Crippen LogP contribution < -0.4 is 4.74 Å². The van der Waals surface area contributed by atoms with Crippen LogP contribution in [0.5, 0.6) is 5.75 Å². The molecule has 9 heteroatoms. The van der Waals surface area contributed by atoms with Gasteiger partial charge in [0.2, 0.25) is 0 Å². The standard InChI is InChI=1S/C30H35F3N2O3S/c1-5-23-22(18-35-14-12-20(13-15-35)29(36)37-6-2)8-7-9-24(23)27-17-34-28(39-27)21-10-11-26(38-19(3)4)25(16-21)30(31,32)33/h7-11,16-17,19-20H,5-6,12-15,18H2,1-4H3. The van der Waals surface area contributed by atoms with E-state index in [2.05, 4.69) is 22.9 Å². The number of ether oxygens (including phenoxy) is 2. The number of halogens is 3. The van der Waals surface area contributed by atoms with Crippen molar-refractivity contribution < 1.29 is 27.4 Å². The van der Waals surface area contributed by atoms with Gasteiger partial charge in [-0.25, -0.2) is 4.98 Å². The van der Waals surface area contributed by atoms with Crippen LogP contribution in [0.4, 0.5) is 13.2 Å². The molecule has 4 rings (SSSR count). The molecule has 0 spiro atoms. The predicted molar refractivity (Wildman–Crippen MR) is 148 cm³/mol. The third-order valence-corrected chi connectivity index (χ3v) is 7.97. The molecule has 3 aromatic rings. The van der Waals surface area contributed by atoms with Crippen molar-refractivity contribution >= 4 is 17.3 Å². The Bertz CT molecular complexity index is 1280. The second kappa shape index (κ2) is 12.5. The Morgan fingerprint density at radius 2 is 1.90 bits per heavy atom. The summed E-state index contributed by atoms with van der Waals surface area (Å²) in [6.45, 7) is 10.2. The van der Waals surface area contributed by atoms with Crippen LogP contribution in [0.1, 0.15) is 57.2 Å². The summed E-state index contributed by atoms with van der Waals surface area (Å²) in [6.07, 6.45) is -0.758. The maximum absolute atomic E-state index is 13.8. The molecule has 1 aliphatic heterocycles. The van der Waals surface area contributed by atoms with Gasteiger partial charge < -0.3 is 9.47 Å². The monoisotopic (exact) mass is 560 g/mol. The number of esters is 1. The molecule has 210 valence electrons. The average Bonchev–Trinajstić information content (AvgIpc) is 3.38. The van der Waals surface area contributed by atoms with E-state index in [0.29, 0.717) is 17.2 Å². The first-order valence-corrected chi connectivity index (χ1v) is 14.3. The fourth-order valence-corrected chi connectivity index (χ4v) is 6.00. The van der Waals surface area contributed by atoms with E-state index in [-0.39, 0.29) is 23.7 Å². The van der Waals surface area contributed by atoms with Crippen LogP contribution in [0.3, 0.4) is 0 Å². The first kappa shape index (κ1) is 29.1. The minimum absolute atomic E-state index is 0.0299. The van der Waals surface area contributed by atoms with Gasteiger partial charge in [-0.05, 0) is 88.0 Å². The molecular weight excluding hydrogens is 525 g/mol.